The highest BCUT2D eigenvalue weighted by Gasteiger charge is 2.11. The minimum atomic E-state index is 0.399. The van der Waals surface area contributed by atoms with Crippen LogP contribution in [0.25, 0.3) is 0 Å². The standard InChI is InChI=1S/C18H22ClNO/c1-12(2)15-6-4-13(3)10-18(15)21-17-7-5-14(8-9-20)11-16(17)19/h4-7,10-12H,8-9,20H2,1-3H3. The van der Waals surface area contributed by atoms with Crippen molar-refractivity contribution in [2.75, 3.05) is 6.54 Å². The van der Waals surface area contributed by atoms with Gasteiger partial charge in [0.15, 0.2) is 0 Å². The van der Waals surface area contributed by atoms with Crippen molar-refractivity contribution < 1.29 is 4.74 Å². The first kappa shape index (κ1) is 15.9. The zero-order valence-corrected chi connectivity index (χ0v) is 13.6. The van der Waals surface area contributed by atoms with Gasteiger partial charge in [-0.2, -0.15) is 0 Å². The minimum absolute atomic E-state index is 0.399. The van der Waals surface area contributed by atoms with Gasteiger partial charge in [-0.3, -0.25) is 0 Å². The first-order valence-electron chi connectivity index (χ1n) is 7.28. The Morgan fingerprint density at radius 3 is 2.48 bits per heavy atom. The van der Waals surface area contributed by atoms with Crippen LogP contribution >= 0.6 is 11.6 Å². The zero-order valence-electron chi connectivity index (χ0n) is 12.8. The zero-order chi connectivity index (χ0) is 15.4. The molecule has 112 valence electrons. The molecule has 0 saturated heterocycles. The predicted octanol–water partition coefficient (Wildman–Crippen LogP) is 5.07. The van der Waals surface area contributed by atoms with Crippen LogP contribution in [0.2, 0.25) is 5.02 Å². The van der Waals surface area contributed by atoms with Crippen LogP contribution in [0, 0.1) is 6.92 Å². The van der Waals surface area contributed by atoms with Crippen molar-refractivity contribution in [2.45, 2.75) is 33.1 Å². The summed E-state index contributed by atoms with van der Waals surface area (Å²) in [5.41, 5.74) is 9.05. The summed E-state index contributed by atoms with van der Waals surface area (Å²) in [6.45, 7) is 6.99. The molecule has 2 aromatic rings. The molecule has 0 atom stereocenters. The van der Waals surface area contributed by atoms with Crippen LogP contribution in [0.3, 0.4) is 0 Å². The highest BCUT2D eigenvalue weighted by molar-refractivity contribution is 6.32. The molecule has 0 aliphatic carbocycles. The monoisotopic (exact) mass is 303 g/mol. The van der Waals surface area contributed by atoms with Gasteiger partial charge in [-0.05, 0) is 60.7 Å². The Labute approximate surface area is 131 Å². The second kappa shape index (κ2) is 6.97. The Morgan fingerprint density at radius 1 is 1.10 bits per heavy atom. The molecule has 0 aromatic heterocycles. The lowest BCUT2D eigenvalue weighted by molar-refractivity contribution is 0.472. The van der Waals surface area contributed by atoms with Crippen LogP contribution in [0.15, 0.2) is 36.4 Å². The second-order valence-corrected chi connectivity index (χ2v) is 6.01. The average Bonchev–Trinajstić information content (AvgIpc) is 2.42. The van der Waals surface area contributed by atoms with Gasteiger partial charge >= 0.3 is 0 Å². The SMILES string of the molecule is Cc1ccc(C(C)C)c(Oc2ccc(CCN)cc2Cl)c1. The molecule has 0 heterocycles. The lowest BCUT2D eigenvalue weighted by Crippen LogP contribution is -2.02. The van der Waals surface area contributed by atoms with E-state index in [1.54, 1.807) is 0 Å². The van der Waals surface area contributed by atoms with Crippen molar-refractivity contribution in [3.63, 3.8) is 0 Å². The van der Waals surface area contributed by atoms with Crippen molar-refractivity contribution in [1.82, 2.24) is 0 Å². The summed E-state index contributed by atoms with van der Waals surface area (Å²) in [6, 6.07) is 12.1. The summed E-state index contributed by atoms with van der Waals surface area (Å²) >= 11 is 6.32. The van der Waals surface area contributed by atoms with Gasteiger partial charge in [-0.1, -0.05) is 43.6 Å². The molecular weight excluding hydrogens is 282 g/mol. The van der Waals surface area contributed by atoms with E-state index in [4.69, 9.17) is 22.1 Å². The number of halogens is 1. The molecule has 0 radical (unpaired) electrons. The van der Waals surface area contributed by atoms with E-state index in [0.29, 0.717) is 23.2 Å². The quantitative estimate of drug-likeness (QED) is 0.837. The molecule has 0 fully saturated rings. The van der Waals surface area contributed by atoms with Gasteiger partial charge in [-0.25, -0.2) is 0 Å². The molecule has 2 nitrogen and oxygen atoms in total. The molecule has 2 rings (SSSR count). The number of ether oxygens (including phenoxy) is 1. The summed E-state index contributed by atoms with van der Waals surface area (Å²) in [7, 11) is 0. The fourth-order valence-electron chi connectivity index (χ4n) is 2.27. The lowest BCUT2D eigenvalue weighted by Gasteiger charge is -2.15. The molecule has 0 saturated carbocycles. The van der Waals surface area contributed by atoms with Gasteiger partial charge in [0, 0.05) is 0 Å². The van der Waals surface area contributed by atoms with Gasteiger partial charge < -0.3 is 10.5 Å². The maximum atomic E-state index is 6.32. The highest BCUT2D eigenvalue weighted by Crippen LogP contribution is 2.35. The van der Waals surface area contributed by atoms with E-state index in [-0.39, 0.29) is 0 Å². The summed E-state index contributed by atoms with van der Waals surface area (Å²) in [4.78, 5) is 0. The maximum absolute atomic E-state index is 6.32. The summed E-state index contributed by atoms with van der Waals surface area (Å²) in [6.07, 6.45) is 0.821. The molecule has 2 aromatic carbocycles. The predicted molar refractivity (Wildman–Crippen MR) is 89.6 cm³/mol. The van der Waals surface area contributed by atoms with E-state index in [9.17, 15) is 0 Å². The topological polar surface area (TPSA) is 35.2 Å². The number of hydrogen-bond acceptors (Lipinski definition) is 2. The van der Waals surface area contributed by atoms with Gasteiger partial charge in [0.05, 0.1) is 5.02 Å². The van der Waals surface area contributed by atoms with Gasteiger partial charge in [0.2, 0.25) is 0 Å². The fraction of sp³-hybridized carbons (Fsp3) is 0.333. The Morgan fingerprint density at radius 2 is 1.86 bits per heavy atom. The minimum Gasteiger partial charge on any atom is -0.455 e. The summed E-state index contributed by atoms with van der Waals surface area (Å²) in [5, 5.41) is 0.622. The van der Waals surface area contributed by atoms with E-state index in [1.165, 1.54) is 11.1 Å². The molecule has 2 N–H and O–H groups in total. The normalized spacial score (nSPS) is 11.0. The van der Waals surface area contributed by atoms with Crippen LogP contribution in [0.4, 0.5) is 0 Å². The first-order chi connectivity index (χ1) is 10.0. The highest BCUT2D eigenvalue weighted by atomic mass is 35.5. The molecular formula is C18H22ClNO. The molecule has 0 spiro atoms. The first-order valence-corrected chi connectivity index (χ1v) is 7.66. The third-order valence-corrected chi connectivity index (χ3v) is 3.74. The molecule has 0 bridgehead atoms. The summed E-state index contributed by atoms with van der Waals surface area (Å²) < 4.78 is 6.05. The number of hydrogen-bond donors (Lipinski definition) is 1. The Kier molecular flexibility index (Phi) is 5.27. The van der Waals surface area contributed by atoms with Crippen LogP contribution in [0.5, 0.6) is 11.5 Å². The van der Waals surface area contributed by atoms with Crippen LogP contribution < -0.4 is 10.5 Å². The van der Waals surface area contributed by atoms with Gasteiger partial charge in [0.25, 0.3) is 0 Å². The summed E-state index contributed by atoms with van der Waals surface area (Å²) in [5.74, 6) is 1.96. The number of rotatable bonds is 5. The van der Waals surface area contributed by atoms with Gasteiger partial charge in [-0.15, -0.1) is 0 Å². The Bertz CT molecular complexity index is 623. The van der Waals surface area contributed by atoms with Crippen molar-refractivity contribution in [3.8, 4) is 11.5 Å². The third-order valence-electron chi connectivity index (χ3n) is 3.44. The Balaban J connectivity index is 2.31. The van der Waals surface area contributed by atoms with E-state index < -0.39 is 0 Å². The van der Waals surface area contributed by atoms with Crippen LogP contribution in [-0.4, -0.2) is 6.54 Å². The molecule has 0 aliphatic rings. The second-order valence-electron chi connectivity index (χ2n) is 5.60. The molecule has 0 amide bonds. The molecule has 0 unspecified atom stereocenters. The number of nitrogens with two attached hydrogens (primary N) is 1. The number of aryl methyl sites for hydroxylation is 1. The van der Waals surface area contributed by atoms with Crippen molar-refractivity contribution in [2.24, 2.45) is 5.73 Å². The van der Waals surface area contributed by atoms with Crippen molar-refractivity contribution >= 4 is 11.6 Å². The van der Waals surface area contributed by atoms with Crippen LogP contribution in [0.1, 0.15) is 36.5 Å². The average molecular weight is 304 g/mol. The largest absolute Gasteiger partial charge is 0.455 e. The maximum Gasteiger partial charge on any atom is 0.146 e. The van der Waals surface area contributed by atoms with E-state index in [2.05, 4.69) is 39.0 Å². The van der Waals surface area contributed by atoms with E-state index >= 15 is 0 Å². The van der Waals surface area contributed by atoms with Crippen molar-refractivity contribution in [1.29, 1.82) is 0 Å². The van der Waals surface area contributed by atoms with Crippen molar-refractivity contribution in [3.05, 3.63) is 58.1 Å². The third kappa shape index (κ3) is 3.99. The fourth-order valence-corrected chi connectivity index (χ4v) is 2.52. The van der Waals surface area contributed by atoms with E-state index in [0.717, 1.165) is 17.7 Å². The lowest BCUT2D eigenvalue weighted by atomic mass is 10.0. The molecule has 0 aliphatic heterocycles. The van der Waals surface area contributed by atoms with Gasteiger partial charge in [0.1, 0.15) is 11.5 Å². The number of benzene rings is 2. The Hall–Kier alpha value is -1.51. The molecule has 3 heteroatoms. The smallest absolute Gasteiger partial charge is 0.146 e. The molecule has 21 heavy (non-hydrogen) atoms. The van der Waals surface area contributed by atoms with Crippen LogP contribution in [-0.2, 0) is 6.42 Å². The van der Waals surface area contributed by atoms with E-state index in [1.807, 2.05) is 18.2 Å².